The zero-order valence-electron chi connectivity index (χ0n) is 9.82. The van der Waals surface area contributed by atoms with Gasteiger partial charge in [0.05, 0.1) is 11.6 Å². The summed E-state index contributed by atoms with van der Waals surface area (Å²) in [6.07, 6.45) is 1.94. The van der Waals surface area contributed by atoms with Crippen molar-refractivity contribution in [3.8, 4) is 0 Å². The molecule has 2 heterocycles. The Bertz CT molecular complexity index is 417. The molecule has 0 bridgehead atoms. The molecule has 1 aliphatic heterocycles. The second-order valence-electron chi connectivity index (χ2n) is 5.27. The Hall–Kier alpha value is -1.52. The van der Waals surface area contributed by atoms with Crippen LogP contribution in [0.4, 0.5) is 5.95 Å². The van der Waals surface area contributed by atoms with Crippen LogP contribution in [-0.4, -0.2) is 27.2 Å². The van der Waals surface area contributed by atoms with Gasteiger partial charge in [-0.3, -0.25) is 4.79 Å². The summed E-state index contributed by atoms with van der Waals surface area (Å²) in [5.41, 5.74) is 0.978. The second kappa shape index (κ2) is 3.50. The van der Waals surface area contributed by atoms with Crippen LogP contribution < -0.4 is 5.32 Å². The zero-order chi connectivity index (χ0) is 11.9. The van der Waals surface area contributed by atoms with Crippen molar-refractivity contribution < 1.29 is 9.90 Å². The summed E-state index contributed by atoms with van der Waals surface area (Å²) in [5.74, 6) is -0.346. The zero-order valence-corrected chi connectivity index (χ0v) is 9.82. The van der Waals surface area contributed by atoms with E-state index in [0.717, 1.165) is 11.6 Å². The van der Waals surface area contributed by atoms with Crippen LogP contribution in [0.1, 0.15) is 26.5 Å². The number of fused-ring (bicyclic) bond motifs is 1. The van der Waals surface area contributed by atoms with Gasteiger partial charge in [0.2, 0.25) is 5.95 Å². The molecule has 0 aromatic carbocycles. The minimum absolute atomic E-state index is 0.00919. The Morgan fingerprint density at radius 1 is 1.62 bits per heavy atom. The fourth-order valence-corrected chi connectivity index (χ4v) is 1.74. The summed E-state index contributed by atoms with van der Waals surface area (Å²) in [6, 6.07) is 0. The number of nitrogens with one attached hydrogen (secondary N) is 1. The molecule has 16 heavy (non-hydrogen) atoms. The first-order valence-electron chi connectivity index (χ1n) is 5.42. The van der Waals surface area contributed by atoms with Gasteiger partial charge in [-0.2, -0.15) is 0 Å². The maximum atomic E-state index is 10.9. The van der Waals surface area contributed by atoms with Gasteiger partial charge in [0, 0.05) is 24.7 Å². The largest absolute Gasteiger partial charge is 0.481 e. The first-order chi connectivity index (χ1) is 7.38. The molecule has 5 nitrogen and oxygen atoms in total. The maximum Gasteiger partial charge on any atom is 0.310 e. The van der Waals surface area contributed by atoms with Crippen molar-refractivity contribution in [1.82, 2.24) is 9.55 Å². The standard InChI is InChI=1S/C11H17N3O2/c1-11(2,3)8-6-14-5-7(9(15)16)4-12-10(14)13-8/h6-7H,4-5H2,1-3H3,(H,12,13)(H,15,16). The number of carbonyl (C=O) groups is 1. The molecule has 1 aliphatic rings. The number of carboxylic acids is 1. The van der Waals surface area contributed by atoms with E-state index in [9.17, 15) is 4.79 Å². The van der Waals surface area contributed by atoms with Crippen molar-refractivity contribution in [2.75, 3.05) is 11.9 Å². The molecular formula is C11H17N3O2. The average molecular weight is 223 g/mol. The van der Waals surface area contributed by atoms with Gasteiger partial charge in [0.25, 0.3) is 0 Å². The first kappa shape index (κ1) is 11.0. The minimum Gasteiger partial charge on any atom is -0.481 e. The minimum atomic E-state index is -0.760. The predicted octanol–water partition coefficient (Wildman–Crippen LogP) is 1.31. The van der Waals surface area contributed by atoms with E-state index in [4.69, 9.17) is 5.11 Å². The van der Waals surface area contributed by atoms with Crippen LogP contribution in [0.25, 0.3) is 0 Å². The molecule has 0 spiro atoms. The maximum absolute atomic E-state index is 10.9. The highest BCUT2D eigenvalue weighted by Gasteiger charge is 2.27. The van der Waals surface area contributed by atoms with Crippen molar-refractivity contribution in [3.63, 3.8) is 0 Å². The number of rotatable bonds is 1. The number of nitrogens with zero attached hydrogens (tertiary/aromatic N) is 2. The summed E-state index contributed by atoms with van der Waals surface area (Å²) in [4.78, 5) is 15.4. The first-order valence-corrected chi connectivity index (χ1v) is 5.42. The Morgan fingerprint density at radius 2 is 2.31 bits per heavy atom. The molecule has 1 atom stereocenters. The lowest BCUT2D eigenvalue weighted by molar-refractivity contribution is -0.141. The van der Waals surface area contributed by atoms with Crippen LogP contribution in [0.15, 0.2) is 6.20 Å². The van der Waals surface area contributed by atoms with Crippen molar-refractivity contribution in [1.29, 1.82) is 0 Å². The molecule has 1 aromatic heterocycles. The third-order valence-corrected chi connectivity index (χ3v) is 2.82. The summed E-state index contributed by atoms with van der Waals surface area (Å²) in [6.45, 7) is 7.23. The topological polar surface area (TPSA) is 67.2 Å². The lowest BCUT2D eigenvalue weighted by atomic mass is 9.93. The van der Waals surface area contributed by atoms with Gasteiger partial charge in [-0.15, -0.1) is 0 Å². The average Bonchev–Trinajstić information content (AvgIpc) is 2.58. The number of anilines is 1. The van der Waals surface area contributed by atoms with Gasteiger partial charge >= 0.3 is 5.97 Å². The van der Waals surface area contributed by atoms with Crippen molar-refractivity contribution >= 4 is 11.9 Å². The summed E-state index contributed by atoms with van der Waals surface area (Å²) in [7, 11) is 0. The Labute approximate surface area is 94.5 Å². The van der Waals surface area contributed by atoms with E-state index in [2.05, 4.69) is 31.1 Å². The molecule has 0 saturated heterocycles. The quantitative estimate of drug-likeness (QED) is 0.753. The van der Waals surface area contributed by atoms with Crippen molar-refractivity contribution in [2.45, 2.75) is 32.7 Å². The number of imidazole rings is 1. The van der Waals surface area contributed by atoms with E-state index >= 15 is 0 Å². The molecular weight excluding hydrogens is 206 g/mol. The molecule has 0 amide bonds. The molecule has 5 heteroatoms. The molecule has 2 rings (SSSR count). The SMILES string of the molecule is CC(C)(C)c1cn2c(n1)NCC(C(=O)O)C2. The molecule has 0 saturated carbocycles. The summed E-state index contributed by atoms with van der Waals surface area (Å²) < 4.78 is 1.89. The normalized spacial score (nSPS) is 20.1. The number of carboxylic acid groups (broad SMARTS) is 1. The summed E-state index contributed by atoms with van der Waals surface area (Å²) in [5, 5.41) is 12.0. The van der Waals surface area contributed by atoms with Gasteiger partial charge in [-0.1, -0.05) is 20.8 Å². The second-order valence-corrected chi connectivity index (χ2v) is 5.27. The van der Waals surface area contributed by atoms with E-state index < -0.39 is 5.97 Å². The summed E-state index contributed by atoms with van der Waals surface area (Å²) >= 11 is 0. The Morgan fingerprint density at radius 3 is 2.88 bits per heavy atom. The van der Waals surface area contributed by atoms with Crippen LogP contribution in [0, 0.1) is 5.92 Å². The monoisotopic (exact) mass is 223 g/mol. The molecule has 1 unspecified atom stereocenters. The molecule has 88 valence electrons. The number of hydrogen-bond donors (Lipinski definition) is 2. The van der Waals surface area contributed by atoms with Gasteiger partial charge in [0.1, 0.15) is 0 Å². The molecule has 0 fully saturated rings. The lowest BCUT2D eigenvalue weighted by Gasteiger charge is -2.21. The molecule has 0 aliphatic carbocycles. The Kier molecular flexibility index (Phi) is 2.40. The lowest BCUT2D eigenvalue weighted by Crippen LogP contribution is -2.32. The number of aliphatic carboxylic acids is 1. The molecule has 0 radical (unpaired) electrons. The van der Waals surface area contributed by atoms with Crippen LogP contribution in [0.3, 0.4) is 0 Å². The predicted molar refractivity (Wildman–Crippen MR) is 60.5 cm³/mol. The van der Waals surface area contributed by atoms with Gasteiger partial charge in [-0.25, -0.2) is 4.98 Å². The highest BCUT2D eigenvalue weighted by atomic mass is 16.4. The van der Waals surface area contributed by atoms with Crippen LogP contribution in [-0.2, 0) is 16.8 Å². The van der Waals surface area contributed by atoms with E-state index in [1.165, 1.54) is 0 Å². The highest BCUT2D eigenvalue weighted by molar-refractivity contribution is 5.71. The van der Waals surface area contributed by atoms with E-state index in [-0.39, 0.29) is 11.3 Å². The Balaban J connectivity index is 2.27. The number of aromatic nitrogens is 2. The van der Waals surface area contributed by atoms with E-state index in [1.54, 1.807) is 0 Å². The van der Waals surface area contributed by atoms with Gasteiger partial charge in [0.15, 0.2) is 0 Å². The fourth-order valence-electron chi connectivity index (χ4n) is 1.74. The van der Waals surface area contributed by atoms with Gasteiger partial charge < -0.3 is 15.0 Å². The fraction of sp³-hybridized carbons (Fsp3) is 0.636. The number of hydrogen-bond acceptors (Lipinski definition) is 3. The van der Waals surface area contributed by atoms with Crippen molar-refractivity contribution in [2.24, 2.45) is 5.92 Å². The highest BCUT2D eigenvalue weighted by Crippen LogP contribution is 2.25. The smallest absolute Gasteiger partial charge is 0.310 e. The van der Waals surface area contributed by atoms with Crippen molar-refractivity contribution in [3.05, 3.63) is 11.9 Å². The molecule has 2 N–H and O–H groups in total. The van der Waals surface area contributed by atoms with Crippen LogP contribution in [0.2, 0.25) is 0 Å². The van der Waals surface area contributed by atoms with Gasteiger partial charge in [-0.05, 0) is 0 Å². The third-order valence-electron chi connectivity index (χ3n) is 2.82. The van der Waals surface area contributed by atoms with E-state index in [0.29, 0.717) is 13.1 Å². The van der Waals surface area contributed by atoms with Crippen LogP contribution >= 0.6 is 0 Å². The van der Waals surface area contributed by atoms with Crippen LogP contribution in [0.5, 0.6) is 0 Å². The molecule has 1 aromatic rings. The van der Waals surface area contributed by atoms with E-state index in [1.807, 2.05) is 10.8 Å². The third kappa shape index (κ3) is 1.89.